The topological polar surface area (TPSA) is 67.3 Å². The van der Waals surface area contributed by atoms with E-state index in [0.29, 0.717) is 5.56 Å². The molecule has 0 aliphatic carbocycles. The average Bonchev–Trinajstić information content (AvgIpc) is 2.04. The van der Waals surface area contributed by atoms with E-state index in [-0.39, 0.29) is 5.69 Å². The Labute approximate surface area is 68.9 Å². The molecule has 0 fully saturated rings. The molecular weight excluding hydrogens is 158 g/mol. The van der Waals surface area contributed by atoms with Gasteiger partial charge in [0, 0.05) is 6.20 Å². The Morgan fingerprint density at radius 3 is 2.67 bits per heavy atom. The van der Waals surface area contributed by atoms with Gasteiger partial charge >= 0.3 is 5.97 Å². The second-order valence-electron chi connectivity index (χ2n) is 2.30. The highest BCUT2D eigenvalue weighted by Gasteiger charge is 2.17. The van der Waals surface area contributed by atoms with Crippen LogP contribution in [0.3, 0.4) is 0 Å². The standard InChI is InChI=1S/C8H7NO3/c1-5-3-2-4-9-6(5)7(10)8(11)12/h2-4H,1H3,(H,11,12). The predicted octanol–water partition coefficient (Wildman–Crippen LogP) is 0.657. The van der Waals surface area contributed by atoms with Crippen LogP contribution in [0.2, 0.25) is 0 Å². The maximum Gasteiger partial charge on any atom is 0.378 e. The Morgan fingerprint density at radius 2 is 2.17 bits per heavy atom. The van der Waals surface area contributed by atoms with E-state index in [0.717, 1.165) is 0 Å². The van der Waals surface area contributed by atoms with Crippen LogP contribution in [0.15, 0.2) is 18.3 Å². The van der Waals surface area contributed by atoms with Gasteiger partial charge in [0.1, 0.15) is 5.69 Å². The molecule has 0 unspecified atom stereocenters. The normalized spacial score (nSPS) is 9.42. The first kappa shape index (κ1) is 8.39. The van der Waals surface area contributed by atoms with E-state index >= 15 is 0 Å². The van der Waals surface area contributed by atoms with Crippen molar-refractivity contribution in [1.82, 2.24) is 4.98 Å². The highest BCUT2D eigenvalue weighted by Crippen LogP contribution is 2.03. The van der Waals surface area contributed by atoms with Crippen molar-refractivity contribution >= 4 is 11.8 Å². The zero-order chi connectivity index (χ0) is 9.14. The van der Waals surface area contributed by atoms with Crippen molar-refractivity contribution in [3.05, 3.63) is 29.6 Å². The van der Waals surface area contributed by atoms with E-state index in [2.05, 4.69) is 4.98 Å². The van der Waals surface area contributed by atoms with Crippen LogP contribution in [0, 0.1) is 6.92 Å². The predicted molar refractivity (Wildman–Crippen MR) is 40.9 cm³/mol. The summed E-state index contributed by atoms with van der Waals surface area (Å²) in [6.07, 6.45) is 1.39. The van der Waals surface area contributed by atoms with Gasteiger partial charge < -0.3 is 5.11 Å². The Bertz CT molecular complexity index is 333. The number of hydrogen-bond donors (Lipinski definition) is 1. The summed E-state index contributed by atoms with van der Waals surface area (Å²) >= 11 is 0. The third-order valence-corrected chi connectivity index (χ3v) is 1.42. The number of Topliss-reactive ketones (excluding diaryl/α,β-unsaturated/α-hetero) is 1. The first-order valence-electron chi connectivity index (χ1n) is 3.32. The van der Waals surface area contributed by atoms with Crippen LogP contribution < -0.4 is 0 Å². The fourth-order valence-corrected chi connectivity index (χ4v) is 0.825. The molecule has 0 radical (unpaired) electrons. The van der Waals surface area contributed by atoms with Crippen LogP contribution in [0.25, 0.3) is 0 Å². The average molecular weight is 165 g/mol. The summed E-state index contributed by atoms with van der Waals surface area (Å²) in [7, 11) is 0. The largest absolute Gasteiger partial charge is 0.475 e. The highest BCUT2D eigenvalue weighted by molar-refractivity contribution is 6.39. The summed E-state index contributed by atoms with van der Waals surface area (Å²) in [5.74, 6) is -2.44. The van der Waals surface area contributed by atoms with Crippen LogP contribution in [0.4, 0.5) is 0 Å². The summed E-state index contributed by atoms with van der Waals surface area (Å²) in [6.45, 7) is 1.64. The van der Waals surface area contributed by atoms with E-state index < -0.39 is 11.8 Å². The third-order valence-electron chi connectivity index (χ3n) is 1.42. The molecular formula is C8H7NO3. The minimum absolute atomic E-state index is 0.00463. The molecule has 62 valence electrons. The summed E-state index contributed by atoms with van der Waals surface area (Å²) in [5.41, 5.74) is 0.579. The minimum atomic E-state index is -1.48. The van der Waals surface area contributed by atoms with Crippen LogP contribution >= 0.6 is 0 Å². The summed E-state index contributed by atoms with van der Waals surface area (Å²) < 4.78 is 0. The number of carboxylic acids is 1. The van der Waals surface area contributed by atoms with Crippen LogP contribution in [0.5, 0.6) is 0 Å². The van der Waals surface area contributed by atoms with Gasteiger partial charge in [-0.1, -0.05) is 6.07 Å². The molecule has 0 spiro atoms. The Hall–Kier alpha value is -1.71. The maximum absolute atomic E-state index is 10.9. The molecule has 1 N–H and O–H groups in total. The maximum atomic E-state index is 10.9. The van der Waals surface area contributed by atoms with Crippen molar-refractivity contribution in [2.24, 2.45) is 0 Å². The number of carbonyl (C=O) groups is 2. The van der Waals surface area contributed by atoms with Crippen molar-refractivity contribution < 1.29 is 14.7 Å². The Balaban J connectivity index is 3.11. The van der Waals surface area contributed by atoms with E-state index in [1.54, 1.807) is 19.1 Å². The number of aliphatic carboxylic acids is 1. The number of pyridine rings is 1. The van der Waals surface area contributed by atoms with Crippen molar-refractivity contribution in [2.45, 2.75) is 6.92 Å². The van der Waals surface area contributed by atoms with Gasteiger partial charge in [0.15, 0.2) is 0 Å². The SMILES string of the molecule is Cc1cccnc1C(=O)C(=O)O. The molecule has 12 heavy (non-hydrogen) atoms. The minimum Gasteiger partial charge on any atom is -0.475 e. The lowest BCUT2D eigenvalue weighted by Gasteiger charge is -1.97. The zero-order valence-corrected chi connectivity index (χ0v) is 6.44. The molecule has 4 heteroatoms. The van der Waals surface area contributed by atoms with Crippen LogP contribution in [0.1, 0.15) is 16.1 Å². The quantitative estimate of drug-likeness (QED) is 0.516. The number of nitrogens with zero attached hydrogens (tertiary/aromatic N) is 1. The monoisotopic (exact) mass is 165 g/mol. The van der Waals surface area contributed by atoms with E-state index in [4.69, 9.17) is 5.11 Å². The summed E-state index contributed by atoms with van der Waals surface area (Å²) in [4.78, 5) is 24.8. The van der Waals surface area contributed by atoms with Gasteiger partial charge in [-0.05, 0) is 18.6 Å². The fourth-order valence-electron chi connectivity index (χ4n) is 0.825. The van der Waals surface area contributed by atoms with Gasteiger partial charge in [0.05, 0.1) is 0 Å². The smallest absolute Gasteiger partial charge is 0.378 e. The lowest BCUT2D eigenvalue weighted by atomic mass is 10.1. The molecule has 0 saturated carbocycles. The van der Waals surface area contributed by atoms with Gasteiger partial charge in [-0.2, -0.15) is 0 Å². The van der Waals surface area contributed by atoms with Crippen LogP contribution in [-0.2, 0) is 4.79 Å². The second-order valence-corrected chi connectivity index (χ2v) is 2.30. The molecule has 0 saturated heterocycles. The number of rotatable bonds is 2. The van der Waals surface area contributed by atoms with Gasteiger partial charge in [-0.3, -0.25) is 9.78 Å². The van der Waals surface area contributed by atoms with E-state index in [1.165, 1.54) is 6.20 Å². The Kier molecular flexibility index (Phi) is 2.19. The molecule has 0 aromatic carbocycles. The molecule has 0 aliphatic rings. The van der Waals surface area contributed by atoms with Gasteiger partial charge in [0.2, 0.25) is 0 Å². The molecule has 4 nitrogen and oxygen atoms in total. The van der Waals surface area contributed by atoms with Crippen LogP contribution in [-0.4, -0.2) is 21.8 Å². The van der Waals surface area contributed by atoms with Crippen molar-refractivity contribution in [2.75, 3.05) is 0 Å². The van der Waals surface area contributed by atoms with Crippen molar-refractivity contribution in [3.63, 3.8) is 0 Å². The van der Waals surface area contributed by atoms with Crippen molar-refractivity contribution in [3.8, 4) is 0 Å². The molecule has 0 aliphatic heterocycles. The molecule has 0 bridgehead atoms. The fraction of sp³-hybridized carbons (Fsp3) is 0.125. The van der Waals surface area contributed by atoms with E-state index in [1.807, 2.05) is 0 Å². The first-order valence-corrected chi connectivity index (χ1v) is 3.32. The molecule has 1 rings (SSSR count). The number of ketones is 1. The number of hydrogen-bond acceptors (Lipinski definition) is 3. The summed E-state index contributed by atoms with van der Waals surface area (Å²) in [5, 5.41) is 8.37. The molecule has 0 amide bonds. The lowest BCUT2D eigenvalue weighted by molar-refractivity contribution is -0.131. The van der Waals surface area contributed by atoms with Gasteiger partial charge in [-0.25, -0.2) is 4.79 Å². The molecule has 1 aromatic heterocycles. The van der Waals surface area contributed by atoms with Gasteiger partial charge in [-0.15, -0.1) is 0 Å². The zero-order valence-electron chi connectivity index (χ0n) is 6.44. The molecule has 1 aromatic rings. The number of aryl methyl sites for hydroxylation is 1. The van der Waals surface area contributed by atoms with Crippen molar-refractivity contribution in [1.29, 1.82) is 0 Å². The molecule has 0 atom stereocenters. The summed E-state index contributed by atoms with van der Waals surface area (Å²) in [6, 6.07) is 3.29. The number of carbonyl (C=O) groups excluding carboxylic acids is 1. The second kappa shape index (κ2) is 3.13. The Morgan fingerprint density at radius 1 is 1.50 bits per heavy atom. The third kappa shape index (κ3) is 1.47. The first-order chi connectivity index (χ1) is 5.63. The highest BCUT2D eigenvalue weighted by atomic mass is 16.4. The van der Waals surface area contributed by atoms with E-state index in [9.17, 15) is 9.59 Å². The molecule has 1 heterocycles. The number of aromatic nitrogens is 1. The lowest BCUT2D eigenvalue weighted by Crippen LogP contribution is -2.15. The van der Waals surface area contributed by atoms with Gasteiger partial charge in [0.25, 0.3) is 5.78 Å². The number of carboxylic acid groups (broad SMARTS) is 1.